The van der Waals surface area contributed by atoms with Crippen molar-refractivity contribution >= 4 is 11.8 Å². The SMILES string of the molecule is CC(C)N(CC(=O)N(Cc1ccccc1)Cc1cccn1C)C(=O)C1CCCCC1. The van der Waals surface area contributed by atoms with Gasteiger partial charge < -0.3 is 14.4 Å². The monoisotopic (exact) mass is 409 g/mol. The van der Waals surface area contributed by atoms with Crippen LogP contribution < -0.4 is 0 Å². The lowest BCUT2D eigenvalue weighted by Crippen LogP contribution is -2.48. The van der Waals surface area contributed by atoms with E-state index in [0.29, 0.717) is 13.1 Å². The highest BCUT2D eigenvalue weighted by Gasteiger charge is 2.30. The van der Waals surface area contributed by atoms with Gasteiger partial charge in [-0.1, -0.05) is 49.6 Å². The fraction of sp³-hybridized carbons (Fsp3) is 0.520. The molecule has 2 aromatic rings. The van der Waals surface area contributed by atoms with Gasteiger partial charge in [-0.15, -0.1) is 0 Å². The van der Waals surface area contributed by atoms with E-state index in [4.69, 9.17) is 0 Å². The van der Waals surface area contributed by atoms with Crippen molar-refractivity contribution in [3.63, 3.8) is 0 Å². The van der Waals surface area contributed by atoms with Gasteiger partial charge in [0.25, 0.3) is 0 Å². The van der Waals surface area contributed by atoms with Crippen LogP contribution in [0, 0.1) is 5.92 Å². The summed E-state index contributed by atoms with van der Waals surface area (Å²) in [7, 11) is 1.99. The summed E-state index contributed by atoms with van der Waals surface area (Å²) in [4.78, 5) is 30.3. The Hall–Kier alpha value is -2.56. The molecule has 1 aliphatic carbocycles. The van der Waals surface area contributed by atoms with Crippen molar-refractivity contribution in [1.29, 1.82) is 0 Å². The number of aromatic nitrogens is 1. The van der Waals surface area contributed by atoms with E-state index in [2.05, 4.69) is 0 Å². The highest BCUT2D eigenvalue weighted by molar-refractivity contribution is 5.86. The Bertz CT molecular complexity index is 822. The summed E-state index contributed by atoms with van der Waals surface area (Å²) in [5.74, 6) is 0.221. The average molecular weight is 410 g/mol. The standard InChI is InChI=1S/C25H35N3O2/c1-20(2)28(25(30)22-13-8-5-9-14-22)19-24(29)27(17-21-11-6-4-7-12-21)18-23-15-10-16-26(23)3/h4,6-7,10-12,15-16,20,22H,5,8-9,13-14,17-19H2,1-3H3. The maximum atomic E-state index is 13.4. The van der Waals surface area contributed by atoms with Crippen molar-refractivity contribution in [1.82, 2.24) is 14.4 Å². The Morgan fingerprint density at radius 3 is 2.30 bits per heavy atom. The lowest BCUT2D eigenvalue weighted by Gasteiger charge is -2.33. The highest BCUT2D eigenvalue weighted by atomic mass is 16.2. The van der Waals surface area contributed by atoms with Crippen LogP contribution in [0.1, 0.15) is 57.2 Å². The van der Waals surface area contributed by atoms with E-state index < -0.39 is 0 Å². The third-order valence-electron chi connectivity index (χ3n) is 6.14. The van der Waals surface area contributed by atoms with E-state index in [1.807, 2.05) is 79.0 Å². The molecule has 0 bridgehead atoms. The molecule has 0 unspecified atom stereocenters. The molecule has 30 heavy (non-hydrogen) atoms. The molecule has 5 heteroatoms. The second-order valence-electron chi connectivity index (χ2n) is 8.74. The predicted octanol–water partition coefficient (Wildman–Crippen LogP) is 4.37. The van der Waals surface area contributed by atoms with Gasteiger partial charge in [0.05, 0.1) is 6.54 Å². The van der Waals surface area contributed by atoms with E-state index in [-0.39, 0.29) is 30.3 Å². The zero-order chi connectivity index (χ0) is 21.5. The van der Waals surface area contributed by atoms with Gasteiger partial charge in [0, 0.05) is 37.4 Å². The Morgan fingerprint density at radius 2 is 1.70 bits per heavy atom. The number of carbonyl (C=O) groups is 2. The van der Waals surface area contributed by atoms with Crippen LogP contribution in [-0.4, -0.2) is 38.8 Å². The van der Waals surface area contributed by atoms with Gasteiger partial charge in [-0.05, 0) is 44.4 Å². The third-order valence-corrected chi connectivity index (χ3v) is 6.14. The maximum absolute atomic E-state index is 13.4. The molecule has 1 aliphatic rings. The van der Waals surface area contributed by atoms with Crippen molar-refractivity contribution in [3.05, 3.63) is 59.9 Å². The molecule has 1 heterocycles. The lowest BCUT2D eigenvalue weighted by atomic mass is 9.88. The topological polar surface area (TPSA) is 45.6 Å². The van der Waals surface area contributed by atoms with Crippen LogP contribution in [-0.2, 0) is 29.7 Å². The van der Waals surface area contributed by atoms with E-state index in [1.165, 1.54) is 6.42 Å². The molecule has 1 aromatic heterocycles. The van der Waals surface area contributed by atoms with E-state index >= 15 is 0 Å². The summed E-state index contributed by atoms with van der Waals surface area (Å²) >= 11 is 0. The smallest absolute Gasteiger partial charge is 0.242 e. The highest BCUT2D eigenvalue weighted by Crippen LogP contribution is 2.26. The van der Waals surface area contributed by atoms with Crippen molar-refractivity contribution < 1.29 is 9.59 Å². The summed E-state index contributed by atoms with van der Waals surface area (Å²) in [5.41, 5.74) is 2.17. The minimum absolute atomic E-state index is 0.00193. The third kappa shape index (κ3) is 5.74. The van der Waals surface area contributed by atoms with Crippen LogP contribution in [0.5, 0.6) is 0 Å². The minimum atomic E-state index is -0.00193. The van der Waals surface area contributed by atoms with Crippen molar-refractivity contribution in [2.45, 2.75) is 65.1 Å². The molecule has 5 nitrogen and oxygen atoms in total. The van der Waals surface area contributed by atoms with E-state index in [9.17, 15) is 9.59 Å². The summed E-state index contributed by atoms with van der Waals surface area (Å²) in [6, 6.07) is 14.1. The van der Waals surface area contributed by atoms with Gasteiger partial charge in [0.15, 0.2) is 0 Å². The van der Waals surface area contributed by atoms with E-state index in [1.54, 1.807) is 4.90 Å². The van der Waals surface area contributed by atoms with Gasteiger partial charge >= 0.3 is 0 Å². The number of hydrogen-bond acceptors (Lipinski definition) is 2. The first-order valence-corrected chi connectivity index (χ1v) is 11.2. The number of carbonyl (C=O) groups excluding carboxylic acids is 2. The van der Waals surface area contributed by atoms with Gasteiger partial charge in [-0.2, -0.15) is 0 Å². The first-order valence-electron chi connectivity index (χ1n) is 11.2. The Labute approximate surface area is 180 Å². The number of amides is 2. The van der Waals surface area contributed by atoms with Crippen LogP contribution >= 0.6 is 0 Å². The maximum Gasteiger partial charge on any atom is 0.242 e. The number of benzene rings is 1. The summed E-state index contributed by atoms with van der Waals surface area (Å²) < 4.78 is 2.04. The molecule has 3 rings (SSSR count). The van der Waals surface area contributed by atoms with Gasteiger partial charge in [-0.25, -0.2) is 0 Å². The molecule has 0 aliphatic heterocycles. The normalized spacial score (nSPS) is 14.7. The molecular weight excluding hydrogens is 374 g/mol. The van der Waals surface area contributed by atoms with Crippen LogP contribution in [0.2, 0.25) is 0 Å². The fourth-order valence-corrected chi connectivity index (χ4v) is 4.24. The Balaban J connectivity index is 1.75. The molecule has 0 spiro atoms. The molecule has 162 valence electrons. The lowest BCUT2D eigenvalue weighted by molar-refractivity contribution is -0.145. The van der Waals surface area contributed by atoms with Gasteiger partial charge in [-0.3, -0.25) is 9.59 Å². The molecule has 1 fully saturated rings. The number of hydrogen-bond donors (Lipinski definition) is 0. The number of rotatable bonds is 8. The van der Waals surface area contributed by atoms with Crippen molar-refractivity contribution in [3.8, 4) is 0 Å². The first-order chi connectivity index (χ1) is 14.5. The summed E-state index contributed by atoms with van der Waals surface area (Å²) in [6.07, 6.45) is 7.34. The largest absolute Gasteiger partial charge is 0.353 e. The fourth-order valence-electron chi connectivity index (χ4n) is 4.24. The summed E-state index contributed by atoms with van der Waals surface area (Å²) in [5, 5.41) is 0. The second kappa shape index (κ2) is 10.5. The number of nitrogens with zero attached hydrogens (tertiary/aromatic N) is 3. The van der Waals surface area contributed by atoms with Crippen molar-refractivity contribution in [2.24, 2.45) is 13.0 Å². The quantitative estimate of drug-likeness (QED) is 0.650. The molecule has 0 radical (unpaired) electrons. The predicted molar refractivity (Wildman–Crippen MR) is 120 cm³/mol. The van der Waals surface area contributed by atoms with Gasteiger partial charge in [0.2, 0.25) is 11.8 Å². The van der Waals surface area contributed by atoms with Crippen LogP contribution in [0.4, 0.5) is 0 Å². The van der Waals surface area contributed by atoms with Gasteiger partial charge in [0.1, 0.15) is 6.54 Å². The second-order valence-corrected chi connectivity index (χ2v) is 8.74. The van der Waals surface area contributed by atoms with E-state index in [0.717, 1.165) is 36.9 Å². The zero-order valence-electron chi connectivity index (χ0n) is 18.6. The molecule has 2 amide bonds. The van der Waals surface area contributed by atoms with Crippen LogP contribution in [0.15, 0.2) is 48.7 Å². The summed E-state index contributed by atoms with van der Waals surface area (Å²) in [6.45, 7) is 5.22. The first kappa shape index (κ1) is 22.1. The molecule has 1 aromatic carbocycles. The minimum Gasteiger partial charge on any atom is -0.353 e. The van der Waals surface area contributed by atoms with Crippen LogP contribution in [0.3, 0.4) is 0 Å². The molecule has 1 saturated carbocycles. The Kier molecular flexibility index (Phi) is 7.72. The number of aryl methyl sites for hydroxylation is 1. The molecule has 0 saturated heterocycles. The molecule has 0 N–H and O–H groups in total. The van der Waals surface area contributed by atoms with Crippen LogP contribution in [0.25, 0.3) is 0 Å². The van der Waals surface area contributed by atoms with Crippen molar-refractivity contribution in [2.75, 3.05) is 6.54 Å². The average Bonchev–Trinajstić information content (AvgIpc) is 3.16. The zero-order valence-corrected chi connectivity index (χ0v) is 18.6. The molecular formula is C25H35N3O2. The molecule has 0 atom stereocenters. The Morgan fingerprint density at radius 1 is 1.00 bits per heavy atom.